The van der Waals surface area contributed by atoms with Crippen molar-refractivity contribution in [2.24, 2.45) is 10.7 Å². The van der Waals surface area contributed by atoms with Crippen molar-refractivity contribution in [2.45, 2.75) is 26.9 Å². The lowest BCUT2D eigenvalue weighted by molar-refractivity contribution is -0.114. The number of hydrogen-bond acceptors (Lipinski definition) is 6. The number of nitrogens with two attached hydrogens (primary N) is 1. The highest BCUT2D eigenvalue weighted by atomic mass is 35.5. The number of nitrogens with one attached hydrogen (secondary N) is 2. The standard InChI is InChI=1S/C20H22Cl2N6O/c1-3-17(26-11-14-5-6-15(21)16(22)9-14)28-20(29)19(13(2)10-23)27-12-18-24-7-4-8-25-18/h3-10,26H,11-12,23H2,1-2H3,(H,28,29). The Bertz CT molecular complexity index is 941. The molecule has 1 heterocycles. The number of carbonyl (C=O) groups excluding carboxylic acids is 1. The summed E-state index contributed by atoms with van der Waals surface area (Å²) in [5.41, 5.74) is 7.26. The molecule has 0 saturated carbocycles. The van der Waals surface area contributed by atoms with E-state index in [2.05, 4.69) is 25.6 Å². The van der Waals surface area contributed by atoms with Crippen LogP contribution in [0.1, 0.15) is 25.2 Å². The topological polar surface area (TPSA) is 105 Å². The molecule has 1 amide bonds. The zero-order valence-corrected chi connectivity index (χ0v) is 17.6. The highest BCUT2D eigenvalue weighted by Gasteiger charge is 2.15. The summed E-state index contributed by atoms with van der Waals surface area (Å²) in [4.78, 5) is 25.3. The van der Waals surface area contributed by atoms with Crippen molar-refractivity contribution >= 4 is 34.8 Å². The fourth-order valence-corrected chi connectivity index (χ4v) is 2.58. The molecule has 0 atom stereocenters. The molecule has 2 rings (SSSR count). The molecule has 7 nitrogen and oxygen atoms in total. The van der Waals surface area contributed by atoms with Crippen LogP contribution in [0.2, 0.25) is 10.0 Å². The van der Waals surface area contributed by atoms with Gasteiger partial charge in [0, 0.05) is 18.9 Å². The Morgan fingerprint density at radius 1 is 1.24 bits per heavy atom. The van der Waals surface area contributed by atoms with Crippen LogP contribution < -0.4 is 16.4 Å². The summed E-state index contributed by atoms with van der Waals surface area (Å²) in [6.07, 6.45) is 6.32. The van der Waals surface area contributed by atoms with Gasteiger partial charge in [0.1, 0.15) is 17.4 Å². The summed E-state index contributed by atoms with van der Waals surface area (Å²) in [5.74, 6) is 0.635. The number of allylic oxidation sites excluding steroid dienone is 1. The normalized spacial score (nSPS) is 12.6. The number of aromatic nitrogens is 2. The van der Waals surface area contributed by atoms with Gasteiger partial charge in [0.05, 0.1) is 16.6 Å². The molecule has 9 heteroatoms. The number of amides is 1. The number of nitrogens with zero attached hydrogens (tertiary/aromatic N) is 3. The lowest BCUT2D eigenvalue weighted by atomic mass is 10.2. The minimum Gasteiger partial charge on any atom is -0.404 e. The van der Waals surface area contributed by atoms with Crippen molar-refractivity contribution in [3.05, 3.63) is 81.8 Å². The van der Waals surface area contributed by atoms with Gasteiger partial charge in [-0.05, 0) is 55.5 Å². The second-order valence-corrected chi connectivity index (χ2v) is 6.75. The molecular weight excluding hydrogens is 411 g/mol. The fourth-order valence-electron chi connectivity index (χ4n) is 2.26. The first kappa shape index (κ1) is 22.4. The molecule has 0 aliphatic rings. The molecule has 1 aromatic heterocycles. The van der Waals surface area contributed by atoms with Crippen LogP contribution >= 0.6 is 23.2 Å². The molecular formula is C20H22Cl2N6O. The highest BCUT2D eigenvalue weighted by molar-refractivity contribution is 6.45. The minimum absolute atomic E-state index is 0.163. The van der Waals surface area contributed by atoms with Gasteiger partial charge in [0.25, 0.3) is 5.91 Å². The number of benzene rings is 1. The minimum atomic E-state index is -0.394. The van der Waals surface area contributed by atoms with Gasteiger partial charge in [-0.3, -0.25) is 9.79 Å². The van der Waals surface area contributed by atoms with E-state index in [-0.39, 0.29) is 12.3 Å². The molecule has 1 aromatic carbocycles. The average molecular weight is 433 g/mol. The molecule has 0 bridgehead atoms. The zero-order valence-electron chi connectivity index (χ0n) is 16.1. The third-order valence-corrected chi connectivity index (χ3v) is 4.58. The summed E-state index contributed by atoms with van der Waals surface area (Å²) < 4.78 is 0. The van der Waals surface area contributed by atoms with Crippen LogP contribution in [0.4, 0.5) is 0 Å². The first-order chi connectivity index (χ1) is 13.9. The number of carbonyl (C=O) groups is 1. The monoisotopic (exact) mass is 432 g/mol. The smallest absolute Gasteiger partial charge is 0.275 e. The van der Waals surface area contributed by atoms with Crippen molar-refractivity contribution in [1.29, 1.82) is 0 Å². The van der Waals surface area contributed by atoms with E-state index in [9.17, 15) is 4.79 Å². The van der Waals surface area contributed by atoms with Gasteiger partial charge in [-0.15, -0.1) is 0 Å². The van der Waals surface area contributed by atoms with Gasteiger partial charge in [-0.2, -0.15) is 0 Å². The third kappa shape index (κ3) is 6.89. The van der Waals surface area contributed by atoms with Crippen LogP contribution in [0.3, 0.4) is 0 Å². The Hall–Kier alpha value is -2.90. The molecule has 29 heavy (non-hydrogen) atoms. The molecule has 0 aliphatic heterocycles. The third-order valence-electron chi connectivity index (χ3n) is 3.84. The van der Waals surface area contributed by atoms with Gasteiger partial charge in [0.2, 0.25) is 0 Å². The van der Waals surface area contributed by atoms with E-state index in [1.165, 1.54) is 6.20 Å². The van der Waals surface area contributed by atoms with E-state index in [0.717, 1.165) is 5.56 Å². The van der Waals surface area contributed by atoms with Crippen molar-refractivity contribution in [3.8, 4) is 0 Å². The summed E-state index contributed by atoms with van der Waals surface area (Å²) in [5, 5.41) is 6.90. The summed E-state index contributed by atoms with van der Waals surface area (Å²) >= 11 is 12.0. The molecule has 0 aliphatic carbocycles. The molecule has 152 valence electrons. The lowest BCUT2D eigenvalue weighted by Gasteiger charge is -2.14. The Balaban J connectivity index is 2.06. The van der Waals surface area contributed by atoms with Gasteiger partial charge < -0.3 is 16.4 Å². The first-order valence-electron chi connectivity index (χ1n) is 8.79. The Morgan fingerprint density at radius 3 is 2.59 bits per heavy atom. The van der Waals surface area contributed by atoms with Gasteiger partial charge >= 0.3 is 0 Å². The lowest BCUT2D eigenvalue weighted by Crippen LogP contribution is -2.36. The second-order valence-electron chi connectivity index (χ2n) is 5.94. The summed E-state index contributed by atoms with van der Waals surface area (Å²) in [7, 11) is 0. The molecule has 0 spiro atoms. The first-order valence-corrected chi connectivity index (χ1v) is 9.54. The fraction of sp³-hybridized carbons (Fsp3) is 0.200. The van der Waals surface area contributed by atoms with E-state index in [1.54, 1.807) is 50.5 Å². The Morgan fingerprint density at radius 2 is 1.97 bits per heavy atom. The zero-order chi connectivity index (χ0) is 21.2. The quantitative estimate of drug-likeness (QED) is 0.554. The number of hydrogen-bond donors (Lipinski definition) is 3. The van der Waals surface area contributed by atoms with Gasteiger partial charge in [-0.1, -0.05) is 29.3 Å². The van der Waals surface area contributed by atoms with Crippen LogP contribution in [0, 0.1) is 0 Å². The molecule has 4 N–H and O–H groups in total. The predicted octanol–water partition coefficient (Wildman–Crippen LogP) is 3.35. The number of aliphatic imine (C=N–C) groups is 1. The van der Waals surface area contributed by atoms with Crippen molar-refractivity contribution in [2.75, 3.05) is 0 Å². The summed E-state index contributed by atoms with van der Waals surface area (Å²) in [6.45, 7) is 4.13. The number of rotatable bonds is 8. The van der Waals surface area contributed by atoms with E-state index >= 15 is 0 Å². The van der Waals surface area contributed by atoms with Crippen LogP contribution in [0.5, 0.6) is 0 Å². The molecule has 0 fully saturated rings. The Labute approximate surface area is 179 Å². The van der Waals surface area contributed by atoms with Gasteiger partial charge in [0.15, 0.2) is 0 Å². The van der Waals surface area contributed by atoms with Crippen LogP contribution in [-0.2, 0) is 17.9 Å². The maximum Gasteiger partial charge on any atom is 0.275 e. The van der Waals surface area contributed by atoms with Crippen LogP contribution in [-0.4, -0.2) is 21.6 Å². The second kappa shape index (κ2) is 11.2. The maximum atomic E-state index is 12.7. The van der Waals surface area contributed by atoms with E-state index in [4.69, 9.17) is 28.9 Å². The maximum absolute atomic E-state index is 12.7. The van der Waals surface area contributed by atoms with E-state index in [1.807, 2.05) is 6.07 Å². The van der Waals surface area contributed by atoms with Crippen molar-refractivity contribution in [1.82, 2.24) is 20.6 Å². The average Bonchev–Trinajstić information content (AvgIpc) is 2.74. The highest BCUT2D eigenvalue weighted by Crippen LogP contribution is 2.22. The van der Waals surface area contributed by atoms with Crippen LogP contribution in [0.25, 0.3) is 0 Å². The molecule has 2 aromatic rings. The van der Waals surface area contributed by atoms with E-state index < -0.39 is 5.91 Å². The molecule has 0 saturated heterocycles. The van der Waals surface area contributed by atoms with Crippen LogP contribution in [0.15, 0.2) is 65.3 Å². The molecule has 0 unspecified atom stereocenters. The van der Waals surface area contributed by atoms with Gasteiger partial charge in [-0.25, -0.2) is 9.97 Å². The Kier molecular flexibility index (Phi) is 8.64. The number of halogens is 2. The van der Waals surface area contributed by atoms with E-state index in [0.29, 0.717) is 33.8 Å². The van der Waals surface area contributed by atoms with Crippen molar-refractivity contribution < 1.29 is 4.79 Å². The predicted molar refractivity (Wildman–Crippen MR) is 116 cm³/mol. The largest absolute Gasteiger partial charge is 0.404 e. The molecule has 0 radical (unpaired) electrons. The SMILES string of the molecule is CC=C(NCc1ccc(Cl)c(Cl)c1)NC(=O)C(=NCc1ncccn1)C(C)=CN. The summed E-state index contributed by atoms with van der Waals surface area (Å²) in [6, 6.07) is 7.05. The van der Waals surface area contributed by atoms with Crippen molar-refractivity contribution in [3.63, 3.8) is 0 Å².